The van der Waals surface area contributed by atoms with Crippen molar-refractivity contribution in [3.8, 4) is 11.4 Å². The number of carbonyl (C=O) groups is 1. The van der Waals surface area contributed by atoms with E-state index in [1.165, 1.54) is 30.2 Å². The van der Waals surface area contributed by atoms with Crippen molar-refractivity contribution in [2.45, 2.75) is 12.9 Å². The van der Waals surface area contributed by atoms with Gasteiger partial charge in [-0.1, -0.05) is 5.21 Å². The Morgan fingerprint density at radius 3 is 2.58 bits per heavy atom. The molecule has 1 amide bonds. The second kappa shape index (κ2) is 6.46. The standard InChI is InChI=1S/C14H11F3N6O3/c1-18-10(24)6-22-7-19-12-11(13(22)25)20-21-23(12)8-2-4-9(5-3-8)26-14(15,16)17/h2-5,7H,6H2,1H3,(H,18,24). The van der Waals surface area contributed by atoms with Crippen LogP contribution >= 0.6 is 0 Å². The van der Waals surface area contributed by atoms with Crippen LogP contribution in [0.2, 0.25) is 0 Å². The summed E-state index contributed by atoms with van der Waals surface area (Å²) in [6, 6.07) is 4.83. The van der Waals surface area contributed by atoms with Gasteiger partial charge in [0.15, 0.2) is 11.2 Å². The van der Waals surface area contributed by atoms with Gasteiger partial charge in [-0.15, -0.1) is 18.3 Å². The molecule has 0 aliphatic carbocycles. The molecule has 2 heterocycles. The van der Waals surface area contributed by atoms with Crippen molar-refractivity contribution in [2.75, 3.05) is 7.05 Å². The minimum Gasteiger partial charge on any atom is -0.406 e. The molecule has 12 heteroatoms. The maximum Gasteiger partial charge on any atom is 0.573 e. The van der Waals surface area contributed by atoms with Gasteiger partial charge in [0.25, 0.3) is 5.56 Å². The number of likely N-dealkylation sites (N-methyl/N-ethyl adjacent to an activating group) is 1. The highest BCUT2D eigenvalue weighted by molar-refractivity contribution is 5.76. The van der Waals surface area contributed by atoms with Gasteiger partial charge in [-0.2, -0.15) is 4.68 Å². The van der Waals surface area contributed by atoms with E-state index in [9.17, 15) is 22.8 Å². The van der Waals surface area contributed by atoms with E-state index in [-0.39, 0.29) is 23.6 Å². The molecule has 3 aromatic rings. The summed E-state index contributed by atoms with van der Waals surface area (Å²) in [6.45, 7) is -0.228. The molecular weight excluding hydrogens is 357 g/mol. The number of ether oxygens (including phenoxy) is 1. The van der Waals surface area contributed by atoms with Crippen molar-refractivity contribution in [3.05, 3.63) is 40.9 Å². The number of nitrogens with one attached hydrogen (secondary N) is 1. The normalized spacial score (nSPS) is 11.5. The Labute approximate surface area is 143 Å². The fourth-order valence-corrected chi connectivity index (χ4v) is 2.15. The summed E-state index contributed by atoms with van der Waals surface area (Å²) in [5, 5.41) is 9.92. The van der Waals surface area contributed by atoms with Crippen molar-refractivity contribution in [1.29, 1.82) is 0 Å². The van der Waals surface area contributed by atoms with Crippen LogP contribution in [-0.4, -0.2) is 43.9 Å². The van der Waals surface area contributed by atoms with Gasteiger partial charge >= 0.3 is 6.36 Å². The molecule has 0 aliphatic rings. The largest absolute Gasteiger partial charge is 0.573 e. The molecule has 0 unspecified atom stereocenters. The summed E-state index contributed by atoms with van der Waals surface area (Å²) in [5.41, 5.74) is -0.209. The lowest BCUT2D eigenvalue weighted by molar-refractivity contribution is -0.274. The second-order valence-electron chi connectivity index (χ2n) is 5.07. The van der Waals surface area contributed by atoms with Crippen LogP contribution in [0.15, 0.2) is 35.4 Å². The first-order chi connectivity index (χ1) is 12.3. The lowest BCUT2D eigenvalue weighted by Crippen LogP contribution is -2.30. The summed E-state index contributed by atoms with van der Waals surface area (Å²) in [4.78, 5) is 27.8. The number of rotatable bonds is 4. The van der Waals surface area contributed by atoms with E-state index in [1.807, 2.05) is 0 Å². The van der Waals surface area contributed by atoms with Crippen LogP contribution in [0.4, 0.5) is 13.2 Å². The third kappa shape index (κ3) is 3.48. The third-order valence-corrected chi connectivity index (χ3v) is 3.34. The van der Waals surface area contributed by atoms with E-state index in [2.05, 4.69) is 25.3 Å². The van der Waals surface area contributed by atoms with Gasteiger partial charge in [-0.25, -0.2) is 4.98 Å². The zero-order valence-electron chi connectivity index (χ0n) is 13.2. The Hall–Kier alpha value is -3.44. The SMILES string of the molecule is CNC(=O)Cn1cnc2c(nnn2-c2ccc(OC(F)(F)F)cc2)c1=O. The Bertz CT molecular complexity index is 1010. The smallest absolute Gasteiger partial charge is 0.406 e. The van der Waals surface area contributed by atoms with Gasteiger partial charge in [-0.05, 0) is 24.3 Å². The predicted molar refractivity (Wildman–Crippen MR) is 81.7 cm³/mol. The van der Waals surface area contributed by atoms with Crippen molar-refractivity contribution < 1.29 is 22.7 Å². The van der Waals surface area contributed by atoms with Crippen LogP contribution in [0.1, 0.15) is 0 Å². The average molecular weight is 368 g/mol. The van der Waals surface area contributed by atoms with Crippen molar-refractivity contribution in [1.82, 2.24) is 29.9 Å². The first-order valence-corrected chi connectivity index (χ1v) is 7.16. The molecule has 136 valence electrons. The van der Waals surface area contributed by atoms with Crippen molar-refractivity contribution >= 4 is 17.1 Å². The number of alkyl halides is 3. The fourth-order valence-electron chi connectivity index (χ4n) is 2.15. The van der Waals surface area contributed by atoms with E-state index in [0.29, 0.717) is 5.69 Å². The first-order valence-electron chi connectivity index (χ1n) is 7.16. The number of carbonyl (C=O) groups excluding carboxylic acids is 1. The molecule has 0 radical (unpaired) electrons. The van der Waals surface area contributed by atoms with E-state index in [0.717, 1.165) is 16.7 Å². The van der Waals surface area contributed by atoms with Crippen LogP contribution in [-0.2, 0) is 11.3 Å². The second-order valence-corrected chi connectivity index (χ2v) is 5.07. The summed E-state index contributed by atoms with van der Waals surface area (Å²) >= 11 is 0. The minimum atomic E-state index is -4.79. The Morgan fingerprint density at radius 2 is 1.96 bits per heavy atom. The molecule has 0 aliphatic heterocycles. The van der Waals surface area contributed by atoms with E-state index >= 15 is 0 Å². The number of halogens is 3. The molecular formula is C14H11F3N6O3. The number of hydrogen-bond donors (Lipinski definition) is 1. The molecule has 26 heavy (non-hydrogen) atoms. The monoisotopic (exact) mass is 368 g/mol. The van der Waals surface area contributed by atoms with Crippen LogP contribution in [0.3, 0.4) is 0 Å². The Kier molecular flexibility index (Phi) is 4.32. The summed E-state index contributed by atoms with van der Waals surface area (Å²) in [7, 11) is 1.43. The zero-order valence-corrected chi connectivity index (χ0v) is 13.2. The number of aromatic nitrogens is 5. The van der Waals surface area contributed by atoms with Crippen molar-refractivity contribution in [2.24, 2.45) is 0 Å². The maximum atomic E-state index is 12.3. The average Bonchev–Trinajstić information content (AvgIpc) is 3.01. The van der Waals surface area contributed by atoms with Gasteiger partial charge in [0, 0.05) is 7.05 Å². The Morgan fingerprint density at radius 1 is 1.27 bits per heavy atom. The van der Waals surface area contributed by atoms with Crippen LogP contribution in [0.25, 0.3) is 16.9 Å². The van der Waals surface area contributed by atoms with E-state index in [1.54, 1.807) is 0 Å². The van der Waals surface area contributed by atoms with Gasteiger partial charge in [0.2, 0.25) is 5.91 Å². The molecule has 0 atom stereocenters. The van der Waals surface area contributed by atoms with Crippen LogP contribution in [0, 0.1) is 0 Å². The Balaban J connectivity index is 1.95. The van der Waals surface area contributed by atoms with E-state index < -0.39 is 17.7 Å². The lowest BCUT2D eigenvalue weighted by Gasteiger charge is -2.09. The predicted octanol–water partition coefficient (Wildman–Crippen LogP) is 0.622. The van der Waals surface area contributed by atoms with Gasteiger partial charge < -0.3 is 10.1 Å². The summed E-state index contributed by atoms with van der Waals surface area (Å²) < 4.78 is 42.6. The zero-order chi connectivity index (χ0) is 18.9. The number of benzene rings is 1. The molecule has 0 saturated carbocycles. The highest BCUT2D eigenvalue weighted by Gasteiger charge is 2.31. The molecule has 1 aromatic carbocycles. The molecule has 0 saturated heterocycles. The molecule has 3 rings (SSSR count). The van der Waals surface area contributed by atoms with Gasteiger partial charge in [0.05, 0.1) is 5.69 Å². The minimum absolute atomic E-state index is 0.0768. The number of amides is 1. The molecule has 0 fully saturated rings. The molecule has 0 spiro atoms. The molecule has 9 nitrogen and oxygen atoms in total. The molecule has 2 aromatic heterocycles. The highest BCUT2D eigenvalue weighted by atomic mass is 19.4. The third-order valence-electron chi connectivity index (χ3n) is 3.34. The quantitative estimate of drug-likeness (QED) is 0.724. The van der Waals surface area contributed by atoms with Gasteiger partial charge in [0.1, 0.15) is 18.6 Å². The fraction of sp³-hybridized carbons (Fsp3) is 0.214. The number of hydrogen-bond acceptors (Lipinski definition) is 6. The van der Waals surface area contributed by atoms with Gasteiger partial charge in [-0.3, -0.25) is 14.2 Å². The number of fused-ring (bicyclic) bond motifs is 1. The molecule has 1 N–H and O–H groups in total. The van der Waals surface area contributed by atoms with Crippen LogP contribution < -0.4 is 15.6 Å². The number of nitrogens with zero attached hydrogens (tertiary/aromatic N) is 5. The summed E-state index contributed by atoms with van der Waals surface area (Å²) in [6.07, 6.45) is -3.63. The van der Waals surface area contributed by atoms with Crippen molar-refractivity contribution in [3.63, 3.8) is 0 Å². The lowest BCUT2D eigenvalue weighted by atomic mass is 10.3. The van der Waals surface area contributed by atoms with Crippen LogP contribution in [0.5, 0.6) is 5.75 Å². The topological polar surface area (TPSA) is 104 Å². The first kappa shape index (κ1) is 17.4. The maximum absolute atomic E-state index is 12.3. The van der Waals surface area contributed by atoms with E-state index in [4.69, 9.17) is 0 Å². The summed E-state index contributed by atoms with van der Waals surface area (Å²) in [5.74, 6) is -0.785. The highest BCUT2D eigenvalue weighted by Crippen LogP contribution is 2.24. The molecule has 0 bridgehead atoms.